The molecule has 3 nitrogen and oxygen atoms in total. The highest BCUT2D eigenvalue weighted by Crippen LogP contribution is 2.31. The molecule has 0 saturated carbocycles. The van der Waals surface area contributed by atoms with E-state index >= 15 is 0 Å². The fourth-order valence-electron chi connectivity index (χ4n) is 1.71. The van der Waals surface area contributed by atoms with E-state index < -0.39 is 0 Å². The van der Waals surface area contributed by atoms with Crippen LogP contribution in [0.1, 0.15) is 18.9 Å². The molecule has 0 heterocycles. The quantitative estimate of drug-likeness (QED) is 0.841. The van der Waals surface area contributed by atoms with Crippen LogP contribution < -0.4 is 0 Å². The monoisotopic (exact) mass is 277 g/mol. The van der Waals surface area contributed by atoms with Gasteiger partial charge in [0.1, 0.15) is 5.75 Å². The van der Waals surface area contributed by atoms with Gasteiger partial charge in [-0.05, 0) is 25.1 Å². The zero-order chi connectivity index (χ0) is 12.8. The van der Waals surface area contributed by atoms with Crippen LogP contribution in [0.2, 0.25) is 10.0 Å². The van der Waals surface area contributed by atoms with E-state index in [2.05, 4.69) is 6.92 Å². The summed E-state index contributed by atoms with van der Waals surface area (Å²) < 4.78 is 0. The third kappa shape index (κ3) is 4.36. The summed E-state index contributed by atoms with van der Waals surface area (Å²) in [5.74, 6) is 0.0649. The van der Waals surface area contributed by atoms with Crippen LogP contribution in [-0.2, 0) is 6.54 Å². The number of aliphatic hydroxyl groups excluding tert-OH is 1. The van der Waals surface area contributed by atoms with Crippen molar-refractivity contribution in [1.29, 1.82) is 0 Å². The van der Waals surface area contributed by atoms with Crippen molar-refractivity contribution in [3.05, 3.63) is 27.7 Å². The van der Waals surface area contributed by atoms with E-state index in [0.29, 0.717) is 23.7 Å². The van der Waals surface area contributed by atoms with Crippen LogP contribution in [0.4, 0.5) is 0 Å². The number of aliphatic hydroxyl groups is 1. The number of benzene rings is 1. The predicted octanol–water partition coefficient (Wildman–Crippen LogP) is 2.90. The van der Waals surface area contributed by atoms with E-state index in [1.807, 2.05) is 4.90 Å². The number of hydrogen-bond donors (Lipinski definition) is 2. The molecular formula is C12H17Cl2NO2. The number of phenolic OH excluding ortho intramolecular Hbond substituents is 1. The van der Waals surface area contributed by atoms with Crippen molar-refractivity contribution in [3.8, 4) is 5.75 Å². The smallest absolute Gasteiger partial charge is 0.138 e. The third-order valence-corrected chi connectivity index (χ3v) is 2.96. The summed E-state index contributed by atoms with van der Waals surface area (Å²) in [4.78, 5) is 2.04. The second-order valence-electron chi connectivity index (χ2n) is 3.90. The summed E-state index contributed by atoms with van der Waals surface area (Å²) >= 11 is 11.8. The van der Waals surface area contributed by atoms with E-state index in [-0.39, 0.29) is 17.4 Å². The molecule has 0 aliphatic rings. The highest BCUT2D eigenvalue weighted by atomic mass is 35.5. The Kier molecular flexibility index (Phi) is 6.06. The molecule has 0 spiro atoms. The number of hydrogen-bond acceptors (Lipinski definition) is 3. The van der Waals surface area contributed by atoms with Gasteiger partial charge >= 0.3 is 0 Å². The van der Waals surface area contributed by atoms with Crippen molar-refractivity contribution in [2.24, 2.45) is 0 Å². The van der Waals surface area contributed by atoms with Crippen LogP contribution in [0, 0.1) is 0 Å². The van der Waals surface area contributed by atoms with E-state index in [4.69, 9.17) is 28.3 Å². The van der Waals surface area contributed by atoms with Gasteiger partial charge in [0.15, 0.2) is 0 Å². The van der Waals surface area contributed by atoms with Crippen LogP contribution in [0.25, 0.3) is 0 Å². The number of aromatic hydroxyl groups is 1. The molecule has 1 aromatic carbocycles. The number of nitrogens with zero attached hydrogens (tertiary/aromatic N) is 1. The van der Waals surface area contributed by atoms with Gasteiger partial charge in [-0.3, -0.25) is 4.90 Å². The van der Waals surface area contributed by atoms with Crippen molar-refractivity contribution >= 4 is 23.2 Å². The maximum atomic E-state index is 9.83. The molecule has 2 N–H and O–H groups in total. The first-order valence-electron chi connectivity index (χ1n) is 5.58. The van der Waals surface area contributed by atoms with Gasteiger partial charge in [0, 0.05) is 23.7 Å². The Balaban J connectivity index is 2.84. The van der Waals surface area contributed by atoms with Crippen LogP contribution in [0.3, 0.4) is 0 Å². The van der Waals surface area contributed by atoms with Gasteiger partial charge in [-0.25, -0.2) is 0 Å². The second kappa shape index (κ2) is 7.07. The molecule has 17 heavy (non-hydrogen) atoms. The van der Waals surface area contributed by atoms with Crippen LogP contribution in [-0.4, -0.2) is 34.8 Å². The Morgan fingerprint density at radius 3 is 2.53 bits per heavy atom. The lowest BCUT2D eigenvalue weighted by molar-refractivity contribution is 0.189. The summed E-state index contributed by atoms with van der Waals surface area (Å²) in [5.41, 5.74) is 0.685. The molecule has 0 unspecified atom stereocenters. The van der Waals surface area contributed by atoms with Gasteiger partial charge in [0.2, 0.25) is 0 Å². The molecule has 0 bridgehead atoms. The third-order valence-electron chi connectivity index (χ3n) is 2.46. The lowest BCUT2D eigenvalue weighted by Gasteiger charge is -2.21. The maximum absolute atomic E-state index is 9.83. The Morgan fingerprint density at radius 2 is 1.94 bits per heavy atom. The SMILES string of the molecule is CCCN(CCO)Cc1cc(Cl)cc(Cl)c1O. The Labute approximate surface area is 112 Å². The van der Waals surface area contributed by atoms with E-state index in [1.165, 1.54) is 6.07 Å². The van der Waals surface area contributed by atoms with Gasteiger partial charge in [-0.2, -0.15) is 0 Å². The molecule has 1 rings (SSSR count). The molecule has 0 radical (unpaired) electrons. The number of phenols is 1. The van der Waals surface area contributed by atoms with E-state index in [0.717, 1.165) is 13.0 Å². The average Bonchev–Trinajstić information content (AvgIpc) is 2.26. The van der Waals surface area contributed by atoms with Gasteiger partial charge in [-0.1, -0.05) is 30.1 Å². The lowest BCUT2D eigenvalue weighted by Crippen LogP contribution is -2.27. The Bertz CT molecular complexity index is 366. The molecule has 1 aromatic rings. The van der Waals surface area contributed by atoms with Crippen LogP contribution in [0.5, 0.6) is 5.75 Å². The van der Waals surface area contributed by atoms with Crippen LogP contribution >= 0.6 is 23.2 Å². The summed E-state index contributed by atoms with van der Waals surface area (Å²) in [5, 5.41) is 19.6. The zero-order valence-electron chi connectivity index (χ0n) is 9.79. The zero-order valence-corrected chi connectivity index (χ0v) is 11.3. The molecule has 0 fully saturated rings. The first-order valence-corrected chi connectivity index (χ1v) is 6.34. The van der Waals surface area contributed by atoms with Crippen LogP contribution in [0.15, 0.2) is 12.1 Å². The average molecular weight is 278 g/mol. The molecule has 5 heteroatoms. The minimum atomic E-state index is 0.0649. The molecular weight excluding hydrogens is 261 g/mol. The van der Waals surface area contributed by atoms with Gasteiger partial charge in [-0.15, -0.1) is 0 Å². The second-order valence-corrected chi connectivity index (χ2v) is 4.74. The molecule has 0 aliphatic carbocycles. The normalized spacial score (nSPS) is 11.1. The summed E-state index contributed by atoms with van der Waals surface area (Å²) in [6.45, 7) is 4.10. The predicted molar refractivity (Wildman–Crippen MR) is 70.8 cm³/mol. The number of halogens is 2. The highest BCUT2D eigenvalue weighted by Gasteiger charge is 2.11. The van der Waals surface area contributed by atoms with Gasteiger partial charge < -0.3 is 10.2 Å². The molecule has 0 atom stereocenters. The molecule has 0 aliphatic heterocycles. The summed E-state index contributed by atoms with van der Waals surface area (Å²) in [6.07, 6.45) is 0.981. The summed E-state index contributed by atoms with van der Waals surface area (Å²) in [6, 6.07) is 3.21. The topological polar surface area (TPSA) is 43.7 Å². The maximum Gasteiger partial charge on any atom is 0.138 e. The van der Waals surface area contributed by atoms with Crippen molar-refractivity contribution in [2.75, 3.05) is 19.7 Å². The molecule has 96 valence electrons. The van der Waals surface area contributed by atoms with Crippen molar-refractivity contribution < 1.29 is 10.2 Å². The molecule has 0 saturated heterocycles. The first-order chi connectivity index (χ1) is 8.08. The van der Waals surface area contributed by atoms with Gasteiger partial charge in [0.25, 0.3) is 0 Å². The fraction of sp³-hybridized carbons (Fsp3) is 0.500. The van der Waals surface area contributed by atoms with Crippen molar-refractivity contribution in [2.45, 2.75) is 19.9 Å². The highest BCUT2D eigenvalue weighted by molar-refractivity contribution is 6.35. The first kappa shape index (κ1) is 14.6. The Hall–Kier alpha value is -0.480. The molecule has 0 aromatic heterocycles. The largest absolute Gasteiger partial charge is 0.506 e. The van der Waals surface area contributed by atoms with Crippen molar-refractivity contribution in [1.82, 2.24) is 4.90 Å². The number of rotatable bonds is 6. The van der Waals surface area contributed by atoms with E-state index in [9.17, 15) is 5.11 Å². The standard InChI is InChI=1S/C12H17Cl2NO2/c1-2-3-15(4-5-16)8-9-6-10(13)7-11(14)12(9)17/h6-7,16-17H,2-5,8H2,1H3. The Morgan fingerprint density at radius 1 is 1.24 bits per heavy atom. The van der Waals surface area contributed by atoms with E-state index in [1.54, 1.807) is 6.07 Å². The molecule has 0 amide bonds. The van der Waals surface area contributed by atoms with Crippen molar-refractivity contribution in [3.63, 3.8) is 0 Å². The summed E-state index contributed by atoms with van der Waals surface area (Å²) in [7, 11) is 0. The lowest BCUT2D eigenvalue weighted by atomic mass is 10.2. The minimum absolute atomic E-state index is 0.0649. The fourth-order valence-corrected chi connectivity index (χ4v) is 2.24. The minimum Gasteiger partial charge on any atom is -0.506 e. The van der Waals surface area contributed by atoms with Gasteiger partial charge in [0.05, 0.1) is 11.6 Å².